The van der Waals surface area contributed by atoms with Gasteiger partial charge in [-0.2, -0.15) is 0 Å². The van der Waals surface area contributed by atoms with E-state index in [1.807, 2.05) is 0 Å². The molecule has 0 aromatic rings. The van der Waals surface area contributed by atoms with Gasteiger partial charge in [0.2, 0.25) is 0 Å². The summed E-state index contributed by atoms with van der Waals surface area (Å²) in [7, 11) is 0. The minimum absolute atomic E-state index is 0.0801. The van der Waals surface area contributed by atoms with Crippen molar-refractivity contribution in [3.63, 3.8) is 0 Å². The Morgan fingerprint density at radius 3 is 1.42 bits per heavy atom. The van der Waals surface area contributed by atoms with Crippen LogP contribution in [0.4, 0.5) is 0 Å². The van der Waals surface area contributed by atoms with Crippen molar-refractivity contribution in [2.75, 3.05) is 0 Å². The fraction of sp³-hybridized carbons (Fsp3) is 0.864. The van der Waals surface area contributed by atoms with Gasteiger partial charge in [-0.3, -0.25) is 4.79 Å². The van der Waals surface area contributed by atoms with Crippen LogP contribution in [-0.2, 0) is 19.1 Å². The van der Waals surface area contributed by atoms with Crippen LogP contribution in [-0.4, -0.2) is 24.1 Å². The summed E-state index contributed by atoms with van der Waals surface area (Å²) in [6.45, 7) is 8.78. The summed E-state index contributed by atoms with van der Waals surface area (Å²) in [4.78, 5) is 25.9. The van der Waals surface area contributed by atoms with Gasteiger partial charge in [-0.05, 0) is 70.6 Å². The van der Waals surface area contributed by atoms with Gasteiger partial charge in [0, 0.05) is 6.42 Å². The van der Waals surface area contributed by atoms with Gasteiger partial charge >= 0.3 is 11.9 Å². The van der Waals surface area contributed by atoms with E-state index in [4.69, 9.17) is 9.47 Å². The van der Waals surface area contributed by atoms with Gasteiger partial charge in [-0.15, -0.1) is 0 Å². The van der Waals surface area contributed by atoms with Crippen LogP contribution in [0, 0.1) is 0 Å². The van der Waals surface area contributed by atoms with Crippen molar-refractivity contribution in [1.29, 1.82) is 0 Å². The maximum absolute atomic E-state index is 13.1. The number of esters is 2. The van der Waals surface area contributed by atoms with Crippen molar-refractivity contribution in [2.45, 2.75) is 245 Å². The van der Waals surface area contributed by atoms with Gasteiger partial charge in [-0.25, -0.2) is 4.79 Å². The highest BCUT2D eigenvalue weighted by atomic mass is 16.6. The molecule has 0 bridgehead atoms. The molecule has 0 aliphatic carbocycles. The largest absolute Gasteiger partial charge is 0.460 e. The predicted molar refractivity (Wildman–Crippen MR) is 208 cm³/mol. The molecule has 0 fully saturated rings. The first-order valence-corrected chi connectivity index (χ1v) is 21.3. The molecule has 2 unspecified atom stereocenters. The zero-order valence-electron chi connectivity index (χ0n) is 32.7. The number of carbonyl (C=O) groups excluding carboxylic acids is 2. The molecule has 0 saturated heterocycles. The van der Waals surface area contributed by atoms with E-state index < -0.39 is 6.10 Å². The van der Waals surface area contributed by atoms with Crippen molar-refractivity contribution in [3.8, 4) is 0 Å². The van der Waals surface area contributed by atoms with Crippen LogP contribution in [0.3, 0.4) is 0 Å². The second-order valence-electron chi connectivity index (χ2n) is 14.3. The molecule has 0 aliphatic rings. The molecule has 4 heteroatoms. The summed E-state index contributed by atoms with van der Waals surface area (Å²) in [5.74, 6) is -0.576. The highest BCUT2D eigenvalue weighted by Gasteiger charge is 2.26. The molecule has 0 heterocycles. The minimum Gasteiger partial charge on any atom is -0.460 e. The van der Waals surface area contributed by atoms with Crippen LogP contribution >= 0.6 is 0 Å². The molecule has 48 heavy (non-hydrogen) atoms. The lowest BCUT2D eigenvalue weighted by atomic mass is 10.0. The molecule has 0 spiro atoms. The second kappa shape index (κ2) is 38.2. The molecule has 2 atom stereocenters. The molecule has 0 aromatic carbocycles. The van der Waals surface area contributed by atoms with E-state index in [1.165, 1.54) is 116 Å². The third kappa shape index (κ3) is 32.9. The van der Waals surface area contributed by atoms with Crippen LogP contribution in [0.2, 0.25) is 0 Å². The van der Waals surface area contributed by atoms with E-state index in [2.05, 4.69) is 52.0 Å². The molecular weight excluding hydrogens is 592 g/mol. The van der Waals surface area contributed by atoms with Crippen LogP contribution in [0.15, 0.2) is 24.3 Å². The summed E-state index contributed by atoms with van der Waals surface area (Å²) in [5, 5.41) is 0. The maximum atomic E-state index is 13.1. The molecule has 282 valence electrons. The number of hydrogen-bond donors (Lipinski definition) is 0. The molecule has 4 nitrogen and oxygen atoms in total. The van der Waals surface area contributed by atoms with Crippen molar-refractivity contribution in [2.24, 2.45) is 0 Å². The number of hydrogen-bond acceptors (Lipinski definition) is 4. The van der Waals surface area contributed by atoms with Gasteiger partial charge in [-0.1, -0.05) is 180 Å². The minimum atomic E-state index is -0.756. The number of ether oxygens (including phenoxy) is 2. The van der Waals surface area contributed by atoms with E-state index in [9.17, 15) is 9.59 Å². The summed E-state index contributed by atoms with van der Waals surface area (Å²) < 4.78 is 11.7. The van der Waals surface area contributed by atoms with Crippen molar-refractivity contribution in [1.82, 2.24) is 0 Å². The molecule has 0 N–H and O–H groups in total. The third-order valence-corrected chi connectivity index (χ3v) is 9.56. The van der Waals surface area contributed by atoms with Gasteiger partial charge in [0.15, 0.2) is 6.10 Å². The first-order valence-electron chi connectivity index (χ1n) is 21.3. The Bertz CT molecular complexity index is 742. The van der Waals surface area contributed by atoms with Gasteiger partial charge < -0.3 is 9.47 Å². The summed E-state index contributed by atoms with van der Waals surface area (Å²) in [5.41, 5.74) is 0. The Balaban J connectivity index is 4.30. The van der Waals surface area contributed by atoms with Gasteiger partial charge in [0.25, 0.3) is 0 Å². The van der Waals surface area contributed by atoms with Crippen LogP contribution < -0.4 is 0 Å². The Kier molecular flexibility index (Phi) is 37.0. The number of carbonyl (C=O) groups is 2. The molecule has 0 amide bonds. The lowest BCUT2D eigenvalue weighted by molar-refractivity contribution is -0.172. The van der Waals surface area contributed by atoms with Crippen LogP contribution in [0.5, 0.6) is 0 Å². The lowest BCUT2D eigenvalue weighted by Gasteiger charge is -2.21. The second-order valence-corrected chi connectivity index (χ2v) is 14.3. The van der Waals surface area contributed by atoms with Gasteiger partial charge in [0.1, 0.15) is 6.10 Å². The summed E-state index contributed by atoms with van der Waals surface area (Å²) >= 11 is 0. The monoisotopic (exact) mass is 675 g/mol. The van der Waals surface area contributed by atoms with Crippen molar-refractivity contribution < 1.29 is 19.1 Å². The zero-order valence-corrected chi connectivity index (χ0v) is 32.7. The first-order chi connectivity index (χ1) is 23.6. The fourth-order valence-corrected chi connectivity index (χ4v) is 6.26. The van der Waals surface area contributed by atoms with Gasteiger partial charge in [0.05, 0.1) is 0 Å². The highest BCUT2D eigenvalue weighted by molar-refractivity contribution is 5.79. The van der Waals surface area contributed by atoms with E-state index in [1.54, 1.807) is 0 Å². The molecular formula is C44H82O4. The molecule has 0 aliphatic heterocycles. The smallest absolute Gasteiger partial charge is 0.347 e. The predicted octanol–water partition coefficient (Wildman–Crippen LogP) is 14.5. The average molecular weight is 675 g/mol. The number of allylic oxidation sites excluding steroid dienone is 4. The molecule has 0 rings (SSSR count). The maximum Gasteiger partial charge on any atom is 0.347 e. The SMILES string of the molecule is CCCCC/C=C\C/C=C\CCCCCCCC(=O)OC(CCCCCCCCCCCCCCCC)C(=O)OC(CC)CCCCC. The quantitative estimate of drug-likeness (QED) is 0.0374. The van der Waals surface area contributed by atoms with E-state index in [0.717, 1.165) is 77.0 Å². The zero-order chi connectivity index (χ0) is 35.2. The Labute approximate surface area is 300 Å². The Hall–Kier alpha value is -1.58. The molecule has 0 radical (unpaired) electrons. The fourth-order valence-electron chi connectivity index (χ4n) is 6.26. The van der Waals surface area contributed by atoms with Crippen LogP contribution in [0.25, 0.3) is 0 Å². The van der Waals surface area contributed by atoms with E-state index in [0.29, 0.717) is 12.8 Å². The Morgan fingerprint density at radius 1 is 0.458 bits per heavy atom. The van der Waals surface area contributed by atoms with Crippen molar-refractivity contribution >= 4 is 11.9 Å². The standard InChI is InChI=1S/C44H82O4/c1-5-9-12-14-16-18-20-22-24-26-28-30-32-34-37-40-43(45)48-42(44(46)47-41(8-4)38-35-11-7-3)39-36-33-31-29-27-25-23-21-19-17-15-13-10-6-2/h16,18,22,24,41-42H,5-15,17,19-21,23,25-40H2,1-4H3/b18-16-,24-22-. The topological polar surface area (TPSA) is 52.6 Å². The lowest BCUT2D eigenvalue weighted by Crippen LogP contribution is -2.32. The molecule has 0 aromatic heterocycles. The normalized spacial score (nSPS) is 13.0. The number of unbranched alkanes of at least 4 members (excludes halogenated alkanes) is 23. The summed E-state index contributed by atoms with van der Waals surface area (Å²) in [6, 6.07) is 0. The number of rotatable bonds is 37. The van der Waals surface area contributed by atoms with E-state index >= 15 is 0 Å². The third-order valence-electron chi connectivity index (χ3n) is 9.56. The molecule has 0 saturated carbocycles. The van der Waals surface area contributed by atoms with Crippen LogP contribution in [0.1, 0.15) is 233 Å². The Morgan fingerprint density at radius 2 is 0.875 bits per heavy atom. The highest BCUT2D eigenvalue weighted by Crippen LogP contribution is 2.18. The average Bonchev–Trinajstić information content (AvgIpc) is 3.09. The summed E-state index contributed by atoms with van der Waals surface area (Å²) in [6.07, 6.45) is 45.2. The first kappa shape index (κ1) is 46.4. The van der Waals surface area contributed by atoms with E-state index in [-0.39, 0.29) is 18.0 Å². The van der Waals surface area contributed by atoms with Crippen molar-refractivity contribution in [3.05, 3.63) is 24.3 Å².